The van der Waals surface area contributed by atoms with Crippen LogP contribution in [0.1, 0.15) is 19.4 Å². The zero-order valence-corrected chi connectivity index (χ0v) is 7.91. The van der Waals surface area contributed by atoms with Crippen molar-refractivity contribution in [3.63, 3.8) is 0 Å². The van der Waals surface area contributed by atoms with Crippen LogP contribution in [-0.4, -0.2) is 4.40 Å². The van der Waals surface area contributed by atoms with E-state index in [4.69, 9.17) is 0 Å². The number of fused-ring (bicyclic) bond motifs is 1. The Kier molecular flexibility index (Phi) is 2.92. The highest BCUT2D eigenvalue weighted by Gasteiger charge is 1.90. The van der Waals surface area contributed by atoms with Crippen molar-refractivity contribution in [3.05, 3.63) is 42.2 Å². The Morgan fingerprint density at radius 1 is 1.17 bits per heavy atom. The molecule has 0 aliphatic rings. The lowest BCUT2D eigenvalue weighted by Crippen LogP contribution is -1.75. The molecule has 0 atom stereocenters. The summed E-state index contributed by atoms with van der Waals surface area (Å²) >= 11 is 0. The standard InChI is InChI=1S/C9H9N.C2H6/c1-8-6-9-4-2-3-5-10(9)7-8;1-2/h2-7H,1H3;1-2H3. The highest BCUT2D eigenvalue weighted by atomic mass is 14.8. The summed E-state index contributed by atoms with van der Waals surface area (Å²) in [4.78, 5) is 0. The van der Waals surface area contributed by atoms with E-state index in [2.05, 4.69) is 41.9 Å². The van der Waals surface area contributed by atoms with Crippen molar-refractivity contribution in [2.45, 2.75) is 20.8 Å². The van der Waals surface area contributed by atoms with Gasteiger partial charge in [-0.3, -0.25) is 0 Å². The van der Waals surface area contributed by atoms with E-state index in [1.807, 2.05) is 19.9 Å². The van der Waals surface area contributed by atoms with Crippen LogP contribution < -0.4 is 0 Å². The predicted molar refractivity (Wildman–Crippen MR) is 53.5 cm³/mol. The summed E-state index contributed by atoms with van der Waals surface area (Å²) in [5.41, 5.74) is 2.58. The van der Waals surface area contributed by atoms with Crippen LogP contribution >= 0.6 is 0 Å². The third-order valence-corrected chi connectivity index (χ3v) is 1.64. The zero-order valence-electron chi connectivity index (χ0n) is 7.91. The Labute approximate surface area is 73.7 Å². The van der Waals surface area contributed by atoms with Gasteiger partial charge in [0.2, 0.25) is 0 Å². The van der Waals surface area contributed by atoms with Crippen LogP contribution in [0.5, 0.6) is 0 Å². The van der Waals surface area contributed by atoms with Gasteiger partial charge in [0.15, 0.2) is 0 Å². The lowest BCUT2D eigenvalue weighted by molar-refractivity contribution is 1.19. The topological polar surface area (TPSA) is 4.41 Å². The van der Waals surface area contributed by atoms with Crippen molar-refractivity contribution >= 4 is 5.52 Å². The number of aromatic nitrogens is 1. The summed E-state index contributed by atoms with van der Waals surface area (Å²) in [6.07, 6.45) is 4.18. The van der Waals surface area contributed by atoms with E-state index in [0.29, 0.717) is 0 Å². The molecule has 0 aliphatic carbocycles. The van der Waals surface area contributed by atoms with E-state index in [1.165, 1.54) is 11.1 Å². The largest absolute Gasteiger partial charge is 0.324 e. The zero-order chi connectivity index (χ0) is 8.97. The summed E-state index contributed by atoms with van der Waals surface area (Å²) in [5, 5.41) is 0. The monoisotopic (exact) mass is 161 g/mol. The number of aryl methyl sites for hydroxylation is 1. The molecule has 0 amide bonds. The van der Waals surface area contributed by atoms with Gasteiger partial charge in [0.1, 0.15) is 0 Å². The van der Waals surface area contributed by atoms with Crippen LogP contribution in [0.2, 0.25) is 0 Å². The summed E-state index contributed by atoms with van der Waals surface area (Å²) < 4.78 is 2.12. The van der Waals surface area contributed by atoms with Gasteiger partial charge in [-0.2, -0.15) is 0 Å². The van der Waals surface area contributed by atoms with Crippen molar-refractivity contribution in [3.8, 4) is 0 Å². The van der Waals surface area contributed by atoms with Gasteiger partial charge in [-0.25, -0.2) is 0 Å². The van der Waals surface area contributed by atoms with Crippen LogP contribution in [0, 0.1) is 6.92 Å². The first-order valence-electron chi connectivity index (χ1n) is 4.39. The van der Waals surface area contributed by atoms with Gasteiger partial charge in [-0.1, -0.05) is 19.9 Å². The minimum absolute atomic E-state index is 1.26. The summed E-state index contributed by atoms with van der Waals surface area (Å²) in [6, 6.07) is 8.36. The quantitative estimate of drug-likeness (QED) is 0.558. The van der Waals surface area contributed by atoms with Crippen LogP contribution in [0.25, 0.3) is 5.52 Å². The third-order valence-electron chi connectivity index (χ3n) is 1.64. The van der Waals surface area contributed by atoms with Crippen LogP contribution in [-0.2, 0) is 0 Å². The summed E-state index contributed by atoms with van der Waals surface area (Å²) in [5.74, 6) is 0. The molecule has 0 N–H and O–H groups in total. The maximum Gasteiger partial charge on any atom is 0.0452 e. The maximum absolute atomic E-state index is 2.17. The highest BCUT2D eigenvalue weighted by molar-refractivity contribution is 5.49. The number of nitrogens with zero attached hydrogens (tertiary/aromatic N) is 1. The van der Waals surface area contributed by atoms with Crippen molar-refractivity contribution in [2.24, 2.45) is 0 Å². The molecule has 0 bridgehead atoms. The van der Waals surface area contributed by atoms with Crippen LogP contribution in [0.3, 0.4) is 0 Å². The molecule has 2 heterocycles. The smallest absolute Gasteiger partial charge is 0.0452 e. The van der Waals surface area contributed by atoms with Crippen LogP contribution in [0.15, 0.2) is 36.7 Å². The molecule has 0 fully saturated rings. The second kappa shape index (κ2) is 3.96. The molecular formula is C11H15N. The highest BCUT2D eigenvalue weighted by Crippen LogP contribution is 2.07. The molecule has 0 saturated heterocycles. The average Bonchev–Trinajstić information content (AvgIpc) is 2.48. The number of hydrogen-bond donors (Lipinski definition) is 0. The Bertz CT molecular complexity index is 314. The first-order chi connectivity index (χ1) is 5.86. The second-order valence-electron chi connectivity index (χ2n) is 2.55. The first kappa shape index (κ1) is 8.85. The minimum atomic E-state index is 1.26. The molecule has 0 aliphatic heterocycles. The average molecular weight is 161 g/mol. The van der Waals surface area contributed by atoms with Crippen molar-refractivity contribution in [2.75, 3.05) is 0 Å². The Balaban J connectivity index is 0.000000336. The normalized spacial score (nSPS) is 9.25. The molecule has 64 valence electrons. The predicted octanol–water partition coefficient (Wildman–Crippen LogP) is 3.27. The van der Waals surface area contributed by atoms with E-state index in [0.717, 1.165) is 0 Å². The van der Waals surface area contributed by atoms with E-state index in [-0.39, 0.29) is 0 Å². The molecule has 0 spiro atoms. The van der Waals surface area contributed by atoms with E-state index in [9.17, 15) is 0 Å². The second-order valence-corrected chi connectivity index (χ2v) is 2.55. The van der Waals surface area contributed by atoms with E-state index < -0.39 is 0 Å². The maximum atomic E-state index is 2.17. The van der Waals surface area contributed by atoms with Gasteiger partial charge in [0, 0.05) is 17.9 Å². The molecule has 1 heteroatoms. The van der Waals surface area contributed by atoms with Gasteiger partial charge in [0.05, 0.1) is 0 Å². The van der Waals surface area contributed by atoms with Gasteiger partial charge >= 0.3 is 0 Å². The fourth-order valence-electron chi connectivity index (χ4n) is 1.20. The molecular weight excluding hydrogens is 146 g/mol. The molecule has 0 aromatic carbocycles. The van der Waals surface area contributed by atoms with Gasteiger partial charge < -0.3 is 4.40 Å². The van der Waals surface area contributed by atoms with Crippen LogP contribution in [0.4, 0.5) is 0 Å². The Hall–Kier alpha value is -1.24. The van der Waals surface area contributed by atoms with Crippen molar-refractivity contribution in [1.82, 2.24) is 4.40 Å². The number of rotatable bonds is 0. The lowest BCUT2D eigenvalue weighted by Gasteiger charge is -1.88. The Morgan fingerprint density at radius 2 is 1.92 bits per heavy atom. The molecule has 0 saturated carbocycles. The molecule has 2 aromatic heterocycles. The molecule has 12 heavy (non-hydrogen) atoms. The molecule has 2 rings (SSSR count). The Morgan fingerprint density at radius 3 is 2.58 bits per heavy atom. The van der Waals surface area contributed by atoms with Gasteiger partial charge in [-0.15, -0.1) is 0 Å². The van der Waals surface area contributed by atoms with E-state index >= 15 is 0 Å². The fraction of sp³-hybridized carbons (Fsp3) is 0.273. The minimum Gasteiger partial charge on any atom is -0.324 e. The fourth-order valence-corrected chi connectivity index (χ4v) is 1.20. The SMILES string of the molecule is CC.Cc1cc2ccccn2c1. The number of hydrogen-bond acceptors (Lipinski definition) is 0. The van der Waals surface area contributed by atoms with E-state index in [1.54, 1.807) is 0 Å². The number of pyridine rings is 1. The molecule has 2 aromatic rings. The first-order valence-corrected chi connectivity index (χ1v) is 4.39. The third kappa shape index (κ3) is 1.67. The molecule has 1 nitrogen and oxygen atoms in total. The van der Waals surface area contributed by atoms with Gasteiger partial charge in [0.25, 0.3) is 0 Å². The molecule has 0 radical (unpaired) electrons. The van der Waals surface area contributed by atoms with Crippen molar-refractivity contribution < 1.29 is 0 Å². The summed E-state index contributed by atoms with van der Waals surface area (Å²) in [6.45, 7) is 6.10. The summed E-state index contributed by atoms with van der Waals surface area (Å²) in [7, 11) is 0. The van der Waals surface area contributed by atoms with Crippen molar-refractivity contribution in [1.29, 1.82) is 0 Å². The lowest BCUT2D eigenvalue weighted by atomic mass is 10.3. The molecule has 0 unspecified atom stereocenters. The van der Waals surface area contributed by atoms with Gasteiger partial charge in [-0.05, 0) is 30.7 Å².